The first-order chi connectivity index (χ1) is 9.63. The predicted molar refractivity (Wildman–Crippen MR) is 94.2 cm³/mol. The SMILES string of the molecule is CN1C(=S)C2CCCCCCCCCCC2N(C)C1=S. The first-order valence-electron chi connectivity index (χ1n) is 8.17. The molecule has 1 saturated heterocycles. The zero-order valence-electron chi connectivity index (χ0n) is 12.9. The monoisotopic (exact) mass is 312 g/mol. The van der Waals surface area contributed by atoms with Crippen LogP contribution in [0.1, 0.15) is 64.2 Å². The van der Waals surface area contributed by atoms with Crippen molar-refractivity contribution < 1.29 is 0 Å². The molecule has 2 unspecified atom stereocenters. The van der Waals surface area contributed by atoms with Crippen molar-refractivity contribution in [2.24, 2.45) is 5.92 Å². The Morgan fingerprint density at radius 2 is 1.30 bits per heavy atom. The third-order valence-corrected chi connectivity index (χ3v) is 6.10. The molecule has 114 valence electrons. The summed E-state index contributed by atoms with van der Waals surface area (Å²) in [4.78, 5) is 5.44. The maximum absolute atomic E-state index is 5.71. The molecule has 1 saturated carbocycles. The van der Waals surface area contributed by atoms with Gasteiger partial charge in [-0.15, -0.1) is 0 Å². The summed E-state index contributed by atoms with van der Waals surface area (Å²) in [6.45, 7) is 0. The van der Waals surface area contributed by atoms with Gasteiger partial charge in [-0.25, -0.2) is 0 Å². The van der Waals surface area contributed by atoms with E-state index in [1.165, 1.54) is 64.2 Å². The molecule has 0 bridgehead atoms. The van der Waals surface area contributed by atoms with Crippen molar-refractivity contribution in [1.29, 1.82) is 0 Å². The lowest BCUT2D eigenvalue weighted by molar-refractivity contribution is 0.230. The van der Waals surface area contributed by atoms with Crippen LogP contribution in [0.25, 0.3) is 0 Å². The highest BCUT2D eigenvalue weighted by molar-refractivity contribution is 7.81. The molecule has 0 spiro atoms. The molecule has 4 heteroatoms. The second kappa shape index (κ2) is 7.69. The van der Waals surface area contributed by atoms with E-state index >= 15 is 0 Å². The summed E-state index contributed by atoms with van der Waals surface area (Å²) in [6, 6.07) is 0.533. The zero-order valence-corrected chi connectivity index (χ0v) is 14.6. The third kappa shape index (κ3) is 3.70. The Bertz CT molecular complexity index is 356. The van der Waals surface area contributed by atoms with E-state index in [-0.39, 0.29) is 0 Å². The molecule has 20 heavy (non-hydrogen) atoms. The molecule has 2 aliphatic rings. The summed E-state index contributed by atoms with van der Waals surface area (Å²) >= 11 is 11.3. The van der Waals surface area contributed by atoms with Crippen molar-refractivity contribution in [3.05, 3.63) is 0 Å². The summed E-state index contributed by atoms with van der Waals surface area (Å²) in [5.74, 6) is 0.520. The van der Waals surface area contributed by atoms with Gasteiger partial charge in [0.15, 0.2) is 5.11 Å². The Balaban J connectivity index is 2.09. The number of fused-ring (bicyclic) bond motifs is 1. The van der Waals surface area contributed by atoms with E-state index in [4.69, 9.17) is 24.4 Å². The van der Waals surface area contributed by atoms with Crippen molar-refractivity contribution in [2.45, 2.75) is 70.3 Å². The molecular formula is C16H28N2S2. The fourth-order valence-electron chi connectivity index (χ4n) is 3.65. The molecule has 2 nitrogen and oxygen atoms in total. The van der Waals surface area contributed by atoms with E-state index in [0.29, 0.717) is 12.0 Å². The lowest BCUT2D eigenvalue weighted by Crippen LogP contribution is -2.58. The van der Waals surface area contributed by atoms with Crippen LogP contribution in [-0.2, 0) is 0 Å². The van der Waals surface area contributed by atoms with Crippen LogP contribution in [0.15, 0.2) is 0 Å². The summed E-state index contributed by atoms with van der Waals surface area (Å²) in [5.41, 5.74) is 0. The molecule has 0 radical (unpaired) electrons. The maximum Gasteiger partial charge on any atom is 0.176 e. The van der Waals surface area contributed by atoms with Crippen LogP contribution in [0.4, 0.5) is 0 Å². The molecule has 0 N–H and O–H groups in total. The van der Waals surface area contributed by atoms with Crippen molar-refractivity contribution in [3.8, 4) is 0 Å². The Morgan fingerprint density at radius 1 is 0.800 bits per heavy atom. The van der Waals surface area contributed by atoms with Crippen LogP contribution in [0, 0.1) is 5.92 Å². The van der Waals surface area contributed by atoms with Gasteiger partial charge in [-0.2, -0.15) is 0 Å². The highest BCUT2D eigenvalue weighted by Gasteiger charge is 2.37. The van der Waals surface area contributed by atoms with Gasteiger partial charge in [0.2, 0.25) is 0 Å². The summed E-state index contributed by atoms with van der Waals surface area (Å²) in [7, 11) is 4.19. The number of thiocarbonyl (C=S) groups is 2. The summed E-state index contributed by atoms with van der Waals surface area (Å²) in [6.07, 6.45) is 13.5. The minimum absolute atomic E-state index is 0.520. The van der Waals surface area contributed by atoms with E-state index in [2.05, 4.69) is 16.8 Å². The molecule has 0 aromatic carbocycles. The van der Waals surface area contributed by atoms with Gasteiger partial charge in [0.05, 0.1) is 4.99 Å². The van der Waals surface area contributed by atoms with Crippen LogP contribution >= 0.6 is 24.4 Å². The molecule has 1 heterocycles. The summed E-state index contributed by atoms with van der Waals surface area (Å²) in [5, 5.41) is 0.906. The normalized spacial score (nSPS) is 30.5. The topological polar surface area (TPSA) is 6.48 Å². The average Bonchev–Trinajstić information content (AvgIpc) is 2.43. The second-order valence-corrected chi connectivity index (χ2v) is 7.15. The molecule has 0 amide bonds. The fourth-order valence-corrected chi connectivity index (χ4v) is 4.30. The molecular weight excluding hydrogens is 284 g/mol. The van der Waals surface area contributed by atoms with E-state index in [9.17, 15) is 0 Å². The van der Waals surface area contributed by atoms with Gasteiger partial charge in [0.25, 0.3) is 0 Å². The molecule has 1 aliphatic carbocycles. The predicted octanol–water partition coefficient (Wildman–Crippen LogP) is 4.38. The van der Waals surface area contributed by atoms with Gasteiger partial charge >= 0.3 is 0 Å². The first kappa shape index (κ1) is 16.2. The molecule has 2 rings (SSSR count). The molecule has 1 aliphatic heterocycles. The van der Waals surface area contributed by atoms with Crippen molar-refractivity contribution in [2.75, 3.05) is 14.1 Å². The van der Waals surface area contributed by atoms with Crippen LogP contribution in [-0.4, -0.2) is 40.0 Å². The van der Waals surface area contributed by atoms with Gasteiger partial charge in [-0.05, 0) is 25.1 Å². The smallest absolute Gasteiger partial charge is 0.176 e. The molecule has 2 atom stereocenters. The molecule has 0 aromatic heterocycles. The van der Waals surface area contributed by atoms with Gasteiger partial charge in [0, 0.05) is 26.1 Å². The highest BCUT2D eigenvalue weighted by Crippen LogP contribution is 2.31. The van der Waals surface area contributed by atoms with E-state index in [0.717, 1.165) is 10.1 Å². The molecule has 0 aromatic rings. The van der Waals surface area contributed by atoms with Crippen LogP contribution in [0.2, 0.25) is 0 Å². The number of nitrogens with zero attached hydrogens (tertiary/aromatic N) is 2. The second-order valence-electron chi connectivity index (χ2n) is 6.37. The quantitative estimate of drug-likeness (QED) is 0.612. The zero-order chi connectivity index (χ0) is 14.5. The van der Waals surface area contributed by atoms with Gasteiger partial charge in [0.1, 0.15) is 0 Å². The minimum Gasteiger partial charge on any atom is -0.348 e. The number of hydrogen-bond acceptors (Lipinski definition) is 2. The first-order valence-corrected chi connectivity index (χ1v) is 8.99. The van der Waals surface area contributed by atoms with Gasteiger partial charge < -0.3 is 9.80 Å². The average molecular weight is 313 g/mol. The van der Waals surface area contributed by atoms with E-state index < -0.39 is 0 Å². The van der Waals surface area contributed by atoms with Gasteiger partial charge in [-0.1, -0.05) is 63.6 Å². The van der Waals surface area contributed by atoms with Crippen molar-refractivity contribution in [1.82, 2.24) is 9.80 Å². The standard InChI is InChI=1S/C16H28N2S2/c1-17-14-12-10-8-6-4-3-5-7-9-11-13(14)15(19)18(2)16(17)20/h13-14H,3-12H2,1-2H3. The minimum atomic E-state index is 0.520. The van der Waals surface area contributed by atoms with E-state index in [1.54, 1.807) is 0 Å². The molecule has 2 fully saturated rings. The maximum atomic E-state index is 5.71. The highest BCUT2D eigenvalue weighted by atomic mass is 32.1. The number of rotatable bonds is 0. The van der Waals surface area contributed by atoms with Crippen LogP contribution in [0.5, 0.6) is 0 Å². The largest absolute Gasteiger partial charge is 0.348 e. The van der Waals surface area contributed by atoms with Crippen molar-refractivity contribution >= 4 is 34.5 Å². The Hall–Kier alpha value is -0.220. The summed E-state index contributed by atoms with van der Waals surface area (Å²) < 4.78 is 0. The lowest BCUT2D eigenvalue weighted by Gasteiger charge is -2.46. The van der Waals surface area contributed by atoms with Crippen LogP contribution in [0.3, 0.4) is 0 Å². The van der Waals surface area contributed by atoms with Gasteiger partial charge in [-0.3, -0.25) is 0 Å². The Kier molecular flexibility index (Phi) is 6.21. The lowest BCUT2D eigenvalue weighted by atomic mass is 9.86. The third-order valence-electron chi connectivity index (χ3n) is 4.96. The van der Waals surface area contributed by atoms with Crippen molar-refractivity contribution in [3.63, 3.8) is 0 Å². The Labute approximate surface area is 134 Å². The number of hydrogen-bond donors (Lipinski definition) is 0. The van der Waals surface area contributed by atoms with E-state index in [1.807, 2.05) is 7.05 Å². The Morgan fingerprint density at radius 3 is 1.90 bits per heavy atom. The van der Waals surface area contributed by atoms with Crippen LogP contribution < -0.4 is 0 Å². The fraction of sp³-hybridized carbons (Fsp3) is 0.875.